The first-order valence-corrected chi connectivity index (χ1v) is 10.0. The summed E-state index contributed by atoms with van der Waals surface area (Å²) in [4.78, 5) is 15.9. The second kappa shape index (κ2) is 8.54. The van der Waals surface area contributed by atoms with Crippen molar-refractivity contribution in [3.05, 3.63) is 60.4 Å². The van der Waals surface area contributed by atoms with Gasteiger partial charge in [0.05, 0.1) is 41.1 Å². The van der Waals surface area contributed by atoms with Gasteiger partial charge < -0.3 is 14.8 Å². The Morgan fingerprint density at radius 2 is 1.90 bits per heavy atom. The number of fused-ring (bicyclic) bond motifs is 1. The molecule has 4 heterocycles. The van der Waals surface area contributed by atoms with Crippen LogP contribution in [0.4, 0.5) is 11.6 Å². The van der Waals surface area contributed by atoms with Crippen LogP contribution in [0, 0.1) is 0 Å². The van der Waals surface area contributed by atoms with E-state index in [1.54, 1.807) is 6.20 Å². The summed E-state index contributed by atoms with van der Waals surface area (Å²) in [5.74, 6) is 1.77. The lowest BCUT2D eigenvalue weighted by Gasteiger charge is -2.09. The van der Waals surface area contributed by atoms with Crippen LogP contribution in [0.5, 0.6) is 0 Å². The zero-order chi connectivity index (χ0) is 21.1. The summed E-state index contributed by atoms with van der Waals surface area (Å²) in [6, 6.07) is 7.86. The number of rotatable bonds is 7. The SMILES string of the molecule is CC(C)c1cnnc(Nc2ccc3ncc(-n4cnc(CCN(C)C)c4)cc3n2)c1. The molecule has 154 valence electrons. The summed E-state index contributed by atoms with van der Waals surface area (Å²) < 4.78 is 1.98. The van der Waals surface area contributed by atoms with E-state index in [0.717, 1.165) is 40.9 Å². The summed E-state index contributed by atoms with van der Waals surface area (Å²) in [6.45, 7) is 5.22. The third-order valence-electron chi connectivity index (χ3n) is 4.87. The van der Waals surface area contributed by atoms with Gasteiger partial charge in [-0.3, -0.25) is 4.98 Å². The molecule has 0 spiro atoms. The summed E-state index contributed by atoms with van der Waals surface area (Å²) >= 11 is 0. The Hall–Kier alpha value is -3.39. The molecule has 0 atom stereocenters. The number of imidazole rings is 1. The van der Waals surface area contributed by atoms with Crippen molar-refractivity contribution in [3.8, 4) is 5.69 Å². The van der Waals surface area contributed by atoms with Gasteiger partial charge in [0.15, 0.2) is 5.82 Å². The number of nitrogens with zero attached hydrogens (tertiary/aromatic N) is 7. The van der Waals surface area contributed by atoms with E-state index in [0.29, 0.717) is 17.6 Å². The molecule has 0 unspecified atom stereocenters. The third-order valence-corrected chi connectivity index (χ3v) is 4.87. The normalized spacial score (nSPS) is 11.5. The molecule has 0 fully saturated rings. The van der Waals surface area contributed by atoms with E-state index >= 15 is 0 Å². The smallest absolute Gasteiger partial charge is 0.154 e. The van der Waals surface area contributed by atoms with E-state index in [-0.39, 0.29) is 0 Å². The van der Waals surface area contributed by atoms with Gasteiger partial charge in [-0.05, 0) is 49.8 Å². The maximum atomic E-state index is 4.72. The molecular formula is C22H26N8. The number of hydrogen-bond donors (Lipinski definition) is 1. The Morgan fingerprint density at radius 3 is 2.70 bits per heavy atom. The van der Waals surface area contributed by atoms with Crippen LogP contribution in [0.15, 0.2) is 49.2 Å². The zero-order valence-corrected chi connectivity index (χ0v) is 17.7. The lowest BCUT2D eigenvalue weighted by molar-refractivity contribution is 0.412. The molecule has 0 bridgehead atoms. The fourth-order valence-corrected chi connectivity index (χ4v) is 3.07. The number of anilines is 2. The highest BCUT2D eigenvalue weighted by molar-refractivity contribution is 5.78. The maximum Gasteiger partial charge on any atom is 0.154 e. The molecule has 0 radical (unpaired) electrons. The largest absolute Gasteiger partial charge is 0.323 e. The van der Waals surface area contributed by atoms with Crippen LogP contribution in [0.1, 0.15) is 31.0 Å². The predicted molar refractivity (Wildman–Crippen MR) is 118 cm³/mol. The first-order chi connectivity index (χ1) is 14.5. The van der Waals surface area contributed by atoms with Crippen LogP contribution in [0.25, 0.3) is 16.7 Å². The molecule has 8 nitrogen and oxygen atoms in total. The highest BCUT2D eigenvalue weighted by Crippen LogP contribution is 2.21. The predicted octanol–water partition coefficient (Wildman–Crippen LogP) is 3.58. The van der Waals surface area contributed by atoms with Gasteiger partial charge in [-0.25, -0.2) is 9.97 Å². The lowest BCUT2D eigenvalue weighted by Crippen LogP contribution is -2.15. The van der Waals surface area contributed by atoms with Crippen molar-refractivity contribution in [2.75, 3.05) is 26.0 Å². The number of pyridine rings is 2. The Balaban J connectivity index is 1.58. The van der Waals surface area contributed by atoms with Crippen LogP contribution < -0.4 is 5.32 Å². The van der Waals surface area contributed by atoms with Crippen molar-refractivity contribution in [2.24, 2.45) is 0 Å². The van der Waals surface area contributed by atoms with Crippen LogP contribution >= 0.6 is 0 Å². The monoisotopic (exact) mass is 402 g/mol. The average Bonchev–Trinajstić information content (AvgIpc) is 3.21. The van der Waals surface area contributed by atoms with Crippen molar-refractivity contribution in [1.82, 2.24) is 34.6 Å². The molecule has 0 aliphatic heterocycles. The fraction of sp³-hybridized carbons (Fsp3) is 0.318. The third kappa shape index (κ3) is 4.60. The van der Waals surface area contributed by atoms with Crippen molar-refractivity contribution in [1.29, 1.82) is 0 Å². The van der Waals surface area contributed by atoms with Crippen LogP contribution in [0.2, 0.25) is 0 Å². The summed E-state index contributed by atoms with van der Waals surface area (Å²) in [6.07, 6.45) is 8.40. The number of hydrogen-bond acceptors (Lipinski definition) is 7. The summed E-state index contributed by atoms with van der Waals surface area (Å²) in [5.41, 5.74) is 4.74. The first kappa shape index (κ1) is 19.9. The van der Waals surface area contributed by atoms with E-state index in [1.807, 2.05) is 47.6 Å². The molecular weight excluding hydrogens is 376 g/mol. The summed E-state index contributed by atoms with van der Waals surface area (Å²) in [5, 5.41) is 11.5. The minimum atomic E-state index is 0.384. The molecule has 4 rings (SSSR count). The van der Waals surface area contributed by atoms with Gasteiger partial charge >= 0.3 is 0 Å². The highest BCUT2D eigenvalue weighted by atomic mass is 15.2. The Kier molecular flexibility index (Phi) is 5.67. The molecule has 0 aliphatic rings. The standard InChI is InChI=1S/C22H26N8/c1-15(2)16-9-22(28-25-11-16)27-21-6-5-19-20(26-21)10-18(12-23-19)30-13-17(24-14-30)7-8-29(3)4/h5-6,9-15H,7-8H2,1-4H3,(H,26,27,28). The zero-order valence-electron chi connectivity index (χ0n) is 17.7. The molecule has 30 heavy (non-hydrogen) atoms. The Bertz CT molecular complexity index is 1150. The van der Waals surface area contributed by atoms with E-state index in [4.69, 9.17) is 4.98 Å². The van der Waals surface area contributed by atoms with Gasteiger partial charge in [0, 0.05) is 19.2 Å². The van der Waals surface area contributed by atoms with Crippen molar-refractivity contribution < 1.29 is 0 Å². The van der Waals surface area contributed by atoms with Crippen molar-refractivity contribution in [2.45, 2.75) is 26.2 Å². The minimum absolute atomic E-state index is 0.384. The van der Waals surface area contributed by atoms with Crippen LogP contribution in [0.3, 0.4) is 0 Å². The van der Waals surface area contributed by atoms with Crippen molar-refractivity contribution in [3.63, 3.8) is 0 Å². The average molecular weight is 403 g/mol. The molecule has 4 aromatic heterocycles. The lowest BCUT2D eigenvalue weighted by atomic mass is 10.1. The van der Waals surface area contributed by atoms with Gasteiger partial charge in [-0.2, -0.15) is 5.10 Å². The second-order valence-corrected chi connectivity index (χ2v) is 7.91. The van der Waals surface area contributed by atoms with E-state index in [2.05, 4.69) is 58.3 Å². The van der Waals surface area contributed by atoms with E-state index in [9.17, 15) is 0 Å². The minimum Gasteiger partial charge on any atom is -0.323 e. The fourth-order valence-electron chi connectivity index (χ4n) is 3.07. The molecule has 0 aromatic carbocycles. The second-order valence-electron chi connectivity index (χ2n) is 7.91. The van der Waals surface area contributed by atoms with E-state index < -0.39 is 0 Å². The quantitative estimate of drug-likeness (QED) is 0.506. The van der Waals surface area contributed by atoms with E-state index in [1.165, 1.54) is 0 Å². The number of nitrogens with one attached hydrogen (secondary N) is 1. The molecule has 0 saturated heterocycles. The Labute approximate surface area is 176 Å². The van der Waals surface area contributed by atoms with Gasteiger partial charge in [0.25, 0.3) is 0 Å². The molecule has 0 aliphatic carbocycles. The molecule has 0 amide bonds. The number of likely N-dealkylation sites (N-methyl/N-ethyl adjacent to an activating group) is 1. The van der Waals surface area contributed by atoms with Gasteiger partial charge in [0.2, 0.25) is 0 Å². The molecule has 4 aromatic rings. The molecule has 1 N–H and O–H groups in total. The number of aromatic nitrogens is 6. The first-order valence-electron chi connectivity index (χ1n) is 10.0. The van der Waals surface area contributed by atoms with Crippen LogP contribution in [-0.4, -0.2) is 55.3 Å². The van der Waals surface area contributed by atoms with Crippen LogP contribution in [-0.2, 0) is 6.42 Å². The van der Waals surface area contributed by atoms with Gasteiger partial charge in [-0.1, -0.05) is 13.8 Å². The molecule has 0 saturated carbocycles. The van der Waals surface area contributed by atoms with Gasteiger partial charge in [0.1, 0.15) is 5.82 Å². The topological polar surface area (TPSA) is 84.7 Å². The Morgan fingerprint density at radius 1 is 1.03 bits per heavy atom. The highest BCUT2D eigenvalue weighted by Gasteiger charge is 2.07. The molecule has 8 heteroatoms. The van der Waals surface area contributed by atoms with Gasteiger partial charge in [-0.15, -0.1) is 5.10 Å². The summed E-state index contributed by atoms with van der Waals surface area (Å²) in [7, 11) is 4.12. The van der Waals surface area contributed by atoms with Crippen molar-refractivity contribution >= 4 is 22.7 Å². The maximum absolute atomic E-state index is 4.72.